The maximum Gasteiger partial charge on any atom is 0.335 e. The summed E-state index contributed by atoms with van der Waals surface area (Å²) in [6, 6.07) is 12.6. The first-order valence-corrected chi connectivity index (χ1v) is 9.99. The molecule has 32 heavy (non-hydrogen) atoms. The normalized spacial score (nSPS) is 10.3. The van der Waals surface area contributed by atoms with Crippen molar-refractivity contribution in [1.82, 2.24) is 0 Å². The molecule has 3 aromatic carbocycles. The molecule has 0 saturated heterocycles. The number of nitriles is 1. The van der Waals surface area contributed by atoms with Crippen LogP contribution < -0.4 is 10.1 Å². The lowest BCUT2D eigenvalue weighted by atomic mass is 10.1. The Morgan fingerprint density at radius 2 is 1.81 bits per heavy atom. The molecular formula is C22H12Cl3FN2O4. The molecule has 0 spiro atoms. The third kappa shape index (κ3) is 5.48. The molecule has 0 unspecified atom stereocenters. The summed E-state index contributed by atoms with van der Waals surface area (Å²) in [5, 5.41) is 20.7. The number of nitrogens with zero attached hydrogens (tertiary/aromatic N) is 1. The van der Waals surface area contributed by atoms with Gasteiger partial charge in [-0.05, 0) is 42.5 Å². The van der Waals surface area contributed by atoms with Crippen LogP contribution in [-0.2, 0) is 11.2 Å². The number of hydrogen-bond donors (Lipinski definition) is 2. The SMILES string of the molecule is N#Cc1cc(Cl)cc(Oc2c(Cl)ccc(CC(=O)Nc3ccc(C(=O)O)cc3Cl)c2F)c1. The number of amides is 1. The Bertz CT molecular complexity index is 1270. The van der Waals surface area contributed by atoms with E-state index in [0.29, 0.717) is 0 Å². The molecule has 0 aliphatic carbocycles. The molecular weight excluding hydrogens is 482 g/mol. The number of ether oxygens (including phenoxy) is 1. The third-order valence-electron chi connectivity index (χ3n) is 4.19. The largest absolute Gasteiger partial charge is 0.478 e. The quantitative estimate of drug-likeness (QED) is 0.418. The van der Waals surface area contributed by atoms with Crippen LogP contribution in [0, 0.1) is 17.1 Å². The van der Waals surface area contributed by atoms with E-state index >= 15 is 4.39 Å². The number of nitrogens with one attached hydrogen (secondary N) is 1. The van der Waals surface area contributed by atoms with E-state index in [9.17, 15) is 9.59 Å². The van der Waals surface area contributed by atoms with Crippen LogP contribution >= 0.6 is 34.8 Å². The third-order valence-corrected chi connectivity index (χ3v) is 5.02. The molecule has 0 radical (unpaired) electrons. The van der Waals surface area contributed by atoms with Crippen molar-refractivity contribution in [1.29, 1.82) is 5.26 Å². The molecule has 0 bridgehead atoms. The number of anilines is 1. The van der Waals surface area contributed by atoms with Gasteiger partial charge in [-0.2, -0.15) is 5.26 Å². The fraction of sp³-hybridized carbons (Fsp3) is 0.0455. The van der Waals surface area contributed by atoms with Gasteiger partial charge >= 0.3 is 5.97 Å². The number of carboxylic acid groups (broad SMARTS) is 1. The topological polar surface area (TPSA) is 99.4 Å². The second-order valence-electron chi connectivity index (χ2n) is 6.46. The van der Waals surface area contributed by atoms with Crippen molar-refractivity contribution in [3.63, 3.8) is 0 Å². The van der Waals surface area contributed by atoms with Crippen molar-refractivity contribution in [2.24, 2.45) is 0 Å². The first-order valence-electron chi connectivity index (χ1n) is 8.86. The number of rotatable bonds is 6. The Hall–Kier alpha value is -3.31. The number of aromatic carboxylic acids is 1. The van der Waals surface area contributed by atoms with E-state index in [-0.39, 0.29) is 55.4 Å². The number of carboxylic acids is 1. The van der Waals surface area contributed by atoms with Gasteiger partial charge in [-0.3, -0.25) is 4.79 Å². The van der Waals surface area contributed by atoms with Gasteiger partial charge < -0.3 is 15.2 Å². The van der Waals surface area contributed by atoms with E-state index in [1.54, 1.807) is 0 Å². The smallest absolute Gasteiger partial charge is 0.335 e. The lowest BCUT2D eigenvalue weighted by Crippen LogP contribution is -2.16. The fourth-order valence-electron chi connectivity index (χ4n) is 2.72. The summed E-state index contributed by atoms with van der Waals surface area (Å²) >= 11 is 18.0. The van der Waals surface area contributed by atoms with E-state index in [0.717, 1.165) is 0 Å². The van der Waals surface area contributed by atoms with Crippen LogP contribution in [0.5, 0.6) is 11.5 Å². The van der Waals surface area contributed by atoms with Crippen LogP contribution in [0.15, 0.2) is 48.5 Å². The zero-order valence-electron chi connectivity index (χ0n) is 16.0. The molecule has 0 aromatic heterocycles. The Kier molecular flexibility index (Phi) is 7.21. The Labute approximate surface area is 196 Å². The van der Waals surface area contributed by atoms with Crippen molar-refractivity contribution in [2.75, 3.05) is 5.32 Å². The van der Waals surface area contributed by atoms with Gasteiger partial charge in [0.2, 0.25) is 5.91 Å². The standard InChI is InChI=1S/C22H12Cl3FN2O4/c23-14-5-11(10-27)6-15(9-14)32-21-16(24)3-1-12(20(21)26)8-19(29)28-18-4-2-13(22(30)31)7-17(18)25/h1-7,9H,8H2,(H,28,29)(H,30,31). The summed E-state index contributed by atoms with van der Waals surface area (Å²) in [6.07, 6.45) is -0.380. The summed E-state index contributed by atoms with van der Waals surface area (Å²) < 4.78 is 20.6. The zero-order valence-corrected chi connectivity index (χ0v) is 18.2. The van der Waals surface area contributed by atoms with Crippen molar-refractivity contribution >= 4 is 52.4 Å². The van der Waals surface area contributed by atoms with Crippen LogP contribution in [0.25, 0.3) is 0 Å². The highest BCUT2D eigenvalue weighted by molar-refractivity contribution is 6.34. The highest BCUT2D eigenvalue weighted by atomic mass is 35.5. The predicted octanol–water partition coefficient (Wildman–Crippen LogP) is 6.33. The van der Waals surface area contributed by atoms with Crippen LogP contribution in [-0.4, -0.2) is 17.0 Å². The molecule has 10 heteroatoms. The number of benzene rings is 3. The number of halogens is 4. The second-order valence-corrected chi connectivity index (χ2v) is 7.71. The minimum Gasteiger partial charge on any atom is -0.478 e. The van der Waals surface area contributed by atoms with E-state index in [4.69, 9.17) is 49.9 Å². The molecule has 0 heterocycles. The summed E-state index contributed by atoms with van der Waals surface area (Å²) in [5.41, 5.74) is 0.336. The highest BCUT2D eigenvalue weighted by Crippen LogP contribution is 2.35. The monoisotopic (exact) mass is 492 g/mol. The van der Waals surface area contributed by atoms with Gasteiger partial charge in [0.15, 0.2) is 11.6 Å². The maximum absolute atomic E-state index is 15.0. The van der Waals surface area contributed by atoms with Crippen LogP contribution in [0.4, 0.5) is 10.1 Å². The molecule has 3 rings (SSSR count). The van der Waals surface area contributed by atoms with Crippen molar-refractivity contribution < 1.29 is 23.8 Å². The molecule has 6 nitrogen and oxygen atoms in total. The van der Waals surface area contributed by atoms with Crippen molar-refractivity contribution in [3.8, 4) is 17.6 Å². The van der Waals surface area contributed by atoms with E-state index < -0.39 is 17.7 Å². The van der Waals surface area contributed by atoms with Gasteiger partial charge in [0.25, 0.3) is 0 Å². The average molecular weight is 494 g/mol. The average Bonchev–Trinajstić information content (AvgIpc) is 2.74. The number of carbonyl (C=O) groups is 2. The minimum absolute atomic E-state index is 0.0114. The van der Waals surface area contributed by atoms with Gasteiger partial charge in [-0.1, -0.05) is 40.9 Å². The minimum atomic E-state index is -1.16. The maximum atomic E-state index is 15.0. The summed E-state index contributed by atoms with van der Waals surface area (Å²) in [5.74, 6) is -2.86. The first kappa shape index (κ1) is 23.4. The van der Waals surface area contributed by atoms with E-state index in [2.05, 4.69) is 5.32 Å². The Morgan fingerprint density at radius 3 is 2.47 bits per heavy atom. The molecule has 0 atom stereocenters. The summed E-state index contributed by atoms with van der Waals surface area (Å²) in [4.78, 5) is 23.4. The second kappa shape index (κ2) is 9.88. The lowest BCUT2D eigenvalue weighted by Gasteiger charge is -2.13. The van der Waals surface area contributed by atoms with E-state index in [1.165, 1.54) is 48.5 Å². The van der Waals surface area contributed by atoms with Gasteiger partial charge in [0, 0.05) is 10.6 Å². The first-order chi connectivity index (χ1) is 15.2. The molecule has 0 aliphatic rings. The van der Waals surface area contributed by atoms with Gasteiger partial charge in [-0.15, -0.1) is 0 Å². The van der Waals surface area contributed by atoms with Crippen LogP contribution in [0.1, 0.15) is 21.5 Å². The molecule has 0 fully saturated rings. The van der Waals surface area contributed by atoms with Crippen LogP contribution in [0.3, 0.4) is 0 Å². The Morgan fingerprint density at radius 1 is 1.06 bits per heavy atom. The molecule has 3 aromatic rings. The highest BCUT2D eigenvalue weighted by Gasteiger charge is 2.18. The molecule has 1 amide bonds. The van der Waals surface area contributed by atoms with Gasteiger partial charge in [0.05, 0.1) is 39.3 Å². The summed E-state index contributed by atoms with van der Waals surface area (Å²) in [6.45, 7) is 0. The molecule has 0 aliphatic heterocycles. The van der Waals surface area contributed by atoms with Crippen molar-refractivity contribution in [2.45, 2.75) is 6.42 Å². The fourth-order valence-corrected chi connectivity index (χ4v) is 3.36. The molecule has 0 saturated carbocycles. The van der Waals surface area contributed by atoms with Gasteiger partial charge in [0.1, 0.15) is 5.75 Å². The van der Waals surface area contributed by atoms with Crippen molar-refractivity contribution in [3.05, 3.63) is 86.1 Å². The Balaban J connectivity index is 1.81. The summed E-state index contributed by atoms with van der Waals surface area (Å²) in [7, 11) is 0. The molecule has 162 valence electrons. The van der Waals surface area contributed by atoms with Crippen LogP contribution in [0.2, 0.25) is 15.1 Å². The zero-order chi connectivity index (χ0) is 23.4. The number of carbonyl (C=O) groups excluding carboxylic acids is 1. The lowest BCUT2D eigenvalue weighted by molar-refractivity contribution is -0.115. The van der Waals surface area contributed by atoms with Gasteiger partial charge in [-0.25, -0.2) is 9.18 Å². The molecule has 2 N–H and O–H groups in total. The number of hydrogen-bond acceptors (Lipinski definition) is 4. The van der Waals surface area contributed by atoms with E-state index in [1.807, 2.05) is 6.07 Å². The predicted molar refractivity (Wildman–Crippen MR) is 118 cm³/mol.